The average molecular weight is 390 g/mol. The first-order valence-corrected chi connectivity index (χ1v) is 10.1. The maximum absolute atomic E-state index is 13.3. The van der Waals surface area contributed by atoms with E-state index in [0.29, 0.717) is 18.7 Å². The third kappa shape index (κ3) is 4.19. The smallest absolute Gasteiger partial charge is 0.228 e. The second-order valence-electron chi connectivity index (χ2n) is 7.71. The van der Waals surface area contributed by atoms with Gasteiger partial charge in [-0.1, -0.05) is 42.5 Å². The van der Waals surface area contributed by atoms with Gasteiger partial charge in [0.25, 0.3) is 0 Å². The monoisotopic (exact) mass is 390 g/mol. The Morgan fingerprint density at radius 1 is 1.14 bits per heavy atom. The van der Waals surface area contributed by atoms with Crippen LogP contribution >= 0.6 is 0 Å². The number of amides is 2. The Balaban J connectivity index is 1.49. The molecular weight excluding hydrogens is 364 g/mol. The van der Waals surface area contributed by atoms with Gasteiger partial charge in [-0.25, -0.2) is 0 Å². The van der Waals surface area contributed by atoms with Gasteiger partial charge < -0.3 is 15.0 Å². The van der Waals surface area contributed by atoms with E-state index in [-0.39, 0.29) is 29.6 Å². The zero-order valence-corrected chi connectivity index (χ0v) is 16.6. The molecule has 29 heavy (non-hydrogen) atoms. The molecule has 1 aliphatic carbocycles. The molecule has 4 rings (SSSR count). The van der Waals surface area contributed by atoms with E-state index in [4.69, 9.17) is 4.74 Å². The van der Waals surface area contributed by atoms with Crippen molar-refractivity contribution in [2.24, 2.45) is 17.8 Å². The van der Waals surface area contributed by atoms with E-state index in [2.05, 4.69) is 17.5 Å². The van der Waals surface area contributed by atoms with Gasteiger partial charge in [0.1, 0.15) is 5.75 Å². The Kier molecular flexibility index (Phi) is 5.65. The van der Waals surface area contributed by atoms with Crippen molar-refractivity contribution in [2.45, 2.75) is 19.4 Å². The van der Waals surface area contributed by atoms with Crippen LogP contribution in [-0.2, 0) is 16.1 Å². The van der Waals surface area contributed by atoms with Crippen LogP contribution in [0.25, 0.3) is 0 Å². The van der Waals surface area contributed by atoms with E-state index in [1.165, 1.54) is 0 Å². The highest BCUT2D eigenvalue weighted by Gasteiger charge is 2.44. The van der Waals surface area contributed by atoms with Crippen molar-refractivity contribution < 1.29 is 14.3 Å². The number of nitrogens with one attached hydrogen (secondary N) is 1. The van der Waals surface area contributed by atoms with Crippen LogP contribution in [0.1, 0.15) is 18.4 Å². The topological polar surface area (TPSA) is 58.6 Å². The molecular formula is C24H26N2O3. The Hall–Kier alpha value is -3.08. The third-order valence-electron chi connectivity index (χ3n) is 5.91. The van der Waals surface area contributed by atoms with Crippen molar-refractivity contribution in [3.8, 4) is 5.75 Å². The first kappa shape index (κ1) is 19.2. The Bertz CT molecular complexity index is 892. The lowest BCUT2D eigenvalue weighted by atomic mass is 9.71. The summed E-state index contributed by atoms with van der Waals surface area (Å²) < 4.78 is 5.16. The van der Waals surface area contributed by atoms with E-state index >= 15 is 0 Å². The standard InChI is InChI=1S/C24H26N2O3/c1-29-20-12-10-19(11-13-20)25-23(27)21-9-5-8-18-14-15-26(24(28)22(18)21)16-17-6-3-2-4-7-17/h2-8,10-13,18,21-22H,9,14-16H2,1H3,(H,25,27)/t18-,21?,22+/m1/s1. The quantitative estimate of drug-likeness (QED) is 0.789. The molecule has 2 aliphatic rings. The number of rotatable bonds is 5. The van der Waals surface area contributed by atoms with Gasteiger partial charge in [-0.3, -0.25) is 9.59 Å². The maximum Gasteiger partial charge on any atom is 0.228 e. The van der Waals surface area contributed by atoms with Crippen LogP contribution in [0.3, 0.4) is 0 Å². The van der Waals surface area contributed by atoms with Crippen molar-refractivity contribution in [2.75, 3.05) is 19.0 Å². The number of hydrogen-bond acceptors (Lipinski definition) is 3. The van der Waals surface area contributed by atoms with Crippen LogP contribution in [0, 0.1) is 17.8 Å². The molecule has 3 atom stereocenters. The predicted molar refractivity (Wildman–Crippen MR) is 112 cm³/mol. The van der Waals surface area contributed by atoms with Gasteiger partial charge >= 0.3 is 0 Å². The lowest BCUT2D eigenvalue weighted by molar-refractivity contribution is -0.147. The number of methoxy groups -OCH3 is 1. The summed E-state index contributed by atoms with van der Waals surface area (Å²) in [7, 11) is 1.61. The van der Waals surface area contributed by atoms with Crippen LogP contribution in [0.15, 0.2) is 66.7 Å². The number of carbonyl (C=O) groups excluding carboxylic acids is 2. The molecule has 1 N–H and O–H groups in total. The fourth-order valence-corrected chi connectivity index (χ4v) is 4.36. The minimum atomic E-state index is -0.349. The largest absolute Gasteiger partial charge is 0.497 e. The van der Waals surface area contributed by atoms with E-state index in [1.54, 1.807) is 7.11 Å². The molecule has 1 fully saturated rings. The second kappa shape index (κ2) is 8.52. The van der Waals surface area contributed by atoms with Crippen LogP contribution in [0.5, 0.6) is 5.75 Å². The van der Waals surface area contributed by atoms with Gasteiger partial charge in [0.15, 0.2) is 0 Å². The first-order chi connectivity index (χ1) is 14.2. The lowest BCUT2D eigenvalue weighted by Gasteiger charge is -2.41. The number of fused-ring (bicyclic) bond motifs is 1. The van der Waals surface area contributed by atoms with E-state index in [0.717, 1.165) is 24.3 Å². The summed E-state index contributed by atoms with van der Waals surface area (Å²) >= 11 is 0. The second-order valence-corrected chi connectivity index (χ2v) is 7.71. The molecule has 0 radical (unpaired) electrons. The number of allylic oxidation sites excluding steroid dienone is 2. The molecule has 1 unspecified atom stereocenters. The molecule has 2 aromatic rings. The SMILES string of the molecule is COc1ccc(NC(=O)C2CC=C[C@@H]3CCN(Cc4ccccc4)C(=O)[C@H]23)cc1. The number of benzene rings is 2. The Labute approximate surface area is 171 Å². The van der Waals surface area contributed by atoms with Crippen molar-refractivity contribution in [3.63, 3.8) is 0 Å². The molecule has 0 spiro atoms. The summed E-state index contributed by atoms with van der Waals surface area (Å²) in [6.45, 7) is 1.32. The minimum Gasteiger partial charge on any atom is -0.497 e. The van der Waals surface area contributed by atoms with Gasteiger partial charge in [0.05, 0.1) is 18.9 Å². The highest BCUT2D eigenvalue weighted by Crippen LogP contribution is 2.38. The number of ether oxygens (including phenoxy) is 1. The summed E-state index contributed by atoms with van der Waals surface area (Å²) in [4.78, 5) is 28.3. The van der Waals surface area contributed by atoms with Crippen LogP contribution in [-0.4, -0.2) is 30.4 Å². The molecule has 5 heteroatoms. The average Bonchev–Trinajstić information content (AvgIpc) is 2.76. The van der Waals surface area contributed by atoms with Crippen molar-refractivity contribution in [1.29, 1.82) is 0 Å². The van der Waals surface area contributed by atoms with Crippen molar-refractivity contribution >= 4 is 17.5 Å². The molecule has 150 valence electrons. The predicted octanol–water partition coefficient (Wildman–Crippen LogP) is 3.87. The number of likely N-dealkylation sites (tertiary alicyclic amines) is 1. The number of anilines is 1. The minimum absolute atomic E-state index is 0.0873. The fourth-order valence-electron chi connectivity index (χ4n) is 4.36. The van der Waals surface area contributed by atoms with Gasteiger partial charge in [-0.15, -0.1) is 0 Å². The number of carbonyl (C=O) groups is 2. The van der Waals surface area contributed by atoms with Crippen molar-refractivity contribution in [3.05, 3.63) is 72.3 Å². The molecule has 1 saturated heterocycles. The van der Waals surface area contributed by atoms with E-state index < -0.39 is 0 Å². The lowest BCUT2D eigenvalue weighted by Crippen LogP contribution is -2.50. The van der Waals surface area contributed by atoms with Gasteiger partial charge in [0.2, 0.25) is 11.8 Å². The van der Waals surface area contributed by atoms with Crippen molar-refractivity contribution in [1.82, 2.24) is 4.90 Å². The fraction of sp³-hybridized carbons (Fsp3) is 0.333. The highest BCUT2D eigenvalue weighted by molar-refractivity contribution is 5.96. The molecule has 2 amide bonds. The zero-order chi connectivity index (χ0) is 20.2. The summed E-state index contributed by atoms with van der Waals surface area (Å²) in [5.41, 5.74) is 1.83. The van der Waals surface area contributed by atoms with Crippen LogP contribution in [0.4, 0.5) is 5.69 Å². The van der Waals surface area contributed by atoms with Gasteiger partial charge in [-0.2, -0.15) is 0 Å². The summed E-state index contributed by atoms with van der Waals surface area (Å²) in [5, 5.41) is 2.98. The molecule has 1 heterocycles. The Morgan fingerprint density at radius 3 is 2.62 bits per heavy atom. The zero-order valence-electron chi connectivity index (χ0n) is 16.6. The Morgan fingerprint density at radius 2 is 1.90 bits per heavy atom. The molecule has 2 aromatic carbocycles. The molecule has 5 nitrogen and oxygen atoms in total. The number of nitrogens with zero attached hydrogens (tertiary/aromatic N) is 1. The van der Waals surface area contributed by atoms with E-state index in [9.17, 15) is 9.59 Å². The van der Waals surface area contributed by atoms with E-state index in [1.807, 2.05) is 59.5 Å². The van der Waals surface area contributed by atoms with Gasteiger partial charge in [0, 0.05) is 18.8 Å². The summed E-state index contributed by atoms with van der Waals surface area (Å²) in [6.07, 6.45) is 5.67. The molecule has 1 aliphatic heterocycles. The molecule has 0 aromatic heterocycles. The van der Waals surface area contributed by atoms with Crippen LogP contribution in [0.2, 0.25) is 0 Å². The maximum atomic E-state index is 13.3. The van der Waals surface area contributed by atoms with Crippen LogP contribution < -0.4 is 10.1 Å². The third-order valence-corrected chi connectivity index (χ3v) is 5.91. The highest BCUT2D eigenvalue weighted by atomic mass is 16.5. The molecule has 0 bridgehead atoms. The summed E-state index contributed by atoms with van der Waals surface area (Å²) in [5.74, 6) is 0.222. The normalized spacial score (nSPS) is 23.4. The van der Waals surface area contributed by atoms with Gasteiger partial charge in [-0.05, 0) is 48.6 Å². The molecule has 0 saturated carbocycles. The number of hydrogen-bond donors (Lipinski definition) is 1. The first-order valence-electron chi connectivity index (χ1n) is 10.1. The number of piperidine rings is 1. The summed E-state index contributed by atoms with van der Waals surface area (Å²) in [6, 6.07) is 17.3.